The Kier molecular flexibility index (Phi) is 7.08. The number of hydrogen-bond donors (Lipinski definition) is 1. The summed E-state index contributed by atoms with van der Waals surface area (Å²) in [6, 6.07) is 7.50. The van der Waals surface area contributed by atoms with E-state index in [1.54, 1.807) is 0 Å². The minimum absolute atomic E-state index is 0.0703. The maximum absolute atomic E-state index is 13.0. The highest BCUT2D eigenvalue weighted by atomic mass is 16.6. The van der Waals surface area contributed by atoms with Crippen LogP contribution in [0.1, 0.15) is 50.9 Å². The zero-order valence-electron chi connectivity index (χ0n) is 21.0. The Morgan fingerprint density at radius 2 is 1.94 bits per heavy atom. The molecule has 2 fully saturated rings. The lowest BCUT2D eigenvalue weighted by Gasteiger charge is -2.45. The number of morpholine rings is 1. The van der Waals surface area contributed by atoms with Gasteiger partial charge in [-0.05, 0) is 72.4 Å². The van der Waals surface area contributed by atoms with Crippen molar-refractivity contribution < 1.29 is 18.9 Å². The van der Waals surface area contributed by atoms with Gasteiger partial charge in [0, 0.05) is 12.2 Å². The molecular formula is C27H39N3O4. The minimum Gasteiger partial charge on any atom is -0.632 e. The van der Waals surface area contributed by atoms with E-state index in [1.807, 2.05) is 52.0 Å². The van der Waals surface area contributed by atoms with Crippen LogP contribution >= 0.6 is 0 Å². The van der Waals surface area contributed by atoms with Crippen molar-refractivity contribution in [3.8, 4) is 0 Å². The highest BCUT2D eigenvalue weighted by Crippen LogP contribution is 2.50. The maximum atomic E-state index is 13.0. The van der Waals surface area contributed by atoms with Gasteiger partial charge >= 0.3 is 5.97 Å². The van der Waals surface area contributed by atoms with Crippen molar-refractivity contribution in [3.63, 3.8) is 0 Å². The molecule has 2 aliphatic heterocycles. The molecule has 4 rings (SSSR count). The Hall–Kier alpha value is -2.35. The van der Waals surface area contributed by atoms with Crippen molar-refractivity contribution in [3.05, 3.63) is 58.1 Å². The summed E-state index contributed by atoms with van der Waals surface area (Å²) in [4.78, 5) is 14.5. The third-order valence-corrected chi connectivity index (χ3v) is 6.91. The lowest BCUT2D eigenvalue weighted by Crippen LogP contribution is -2.51. The van der Waals surface area contributed by atoms with Crippen molar-refractivity contribution in [2.45, 2.75) is 40.5 Å². The summed E-state index contributed by atoms with van der Waals surface area (Å²) in [6.45, 7) is 11.9. The summed E-state index contributed by atoms with van der Waals surface area (Å²) in [5.74, 6) is 1.57. The summed E-state index contributed by atoms with van der Waals surface area (Å²) in [7, 11) is 0. The number of hydrogen-bond acceptors (Lipinski definition) is 6. The third kappa shape index (κ3) is 6.01. The fraction of sp³-hybridized carbons (Fsp3) is 0.593. The molecule has 1 saturated carbocycles. The molecule has 0 amide bonds. The average molecular weight is 470 g/mol. The molecule has 2 unspecified atom stereocenters. The lowest BCUT2D eigenvalue weighted by molar-refractivity contribution is -0.884. The zero-order chi connectivity index (χ0) is 24.5. The van der Waals surface area contributed by atoms with Crippen LogP contribution in [0.15, 0.2) is 47.3 Å². The van der Waals surface area contributed by atoms with Crippen molar-refractivity contribution >= 4 is 11.7 Å². The van der Waals surface area contributed by atoms with Gasteiger partial charge in [0.2, 0.25) is 0 Å². The SMILES string of the molecule is C/C(=C\C1=C(N)N(c2ccc(C(=O)OCC(C)(C)C)cc2)CCC2CC12)C[N+]1([O-])CCOCC1. The second kappa shape index (κ2) is 9.72. The van der Waals surface area contributed by atoms with Gasteiger partial charge < -0.3 is 30.0 Å². The Labute approximate surface area is 203 Å². The highest BCUT2D eigenvalue weighted by Gasteiger charge is 2.43. The van der Waals surface area contributed by atoms with Gasteiger partial charge in [-0.2, -0.15) is 0 Å². The summed E-state index contributed by atoms with van der Waals surface area (Å²) in [6.07, 6.45) is 4.40. The third-order valence-electron chi connectivity index (χ3n) is 6.91. The predicted octanol–water partition coefficient (Wildman–Crippen LogP) is 4.20. The van der Waals surface area contributed by atoms with Gasteiger partial charge in [-0.25, -0.2) is 4.79 Å². The number of fused-ring (bicyclic) bond motifs is 1. The quantitative estimate of drug-likeness (QED) is 0.382. The largest absolute Gasteiger partial charge is 0.632 e. The van der Waals surface area contributed by atoms with Crippen LogP contribution in [0.25, 0.3) is 0 Å². The second-order valence-electron chi connectivity index (χ2n) is 11.3. The molecule has 1 aromatic carbocycles. The van der Waals surface area contributed by atoms with E-state index in [0.29, 0.717) is 56.9 Å². The summed E-state index contributed by atoms with van der Waals surface area (Å²) in [5, 5.41) is 13.0. The molecule has 7 nitrogen and oxygen atoms in total. The Balaban J connectivity index is 1.51. The number of ether oxygens (including phenoxy) is 2. The average Bonchev–Trinajstić information content (AvgIpc) is 3.56. The molecule has 0 radical (unpaired) electrons. The van der Waals surface area contributed by atoms with E-state index in [0.717, 1.165) is 42.0 Å². The van der Waals surface area contributed by atoms with Crippen molar-refractivity contribution in [1.29, 1.82) is 0 Å². The lowest BCUT2D eigenvalue weighted by atomic mass is 9.99. The van der Waals surface area contributed by atoms with Crippen LogP contribution in [-0.2, 0) is 9.47 Å². The van der Waals surface area contributed by atoms with Crippen molar-refractivity contribution in [2.24, 2.45) is 23.0 Å². The van der Waals surface area contributed by atoms with E-state index in [4.69, 9.17) is 15.2 Å². The van der Waals surface area contributed by atoms with E-state index < -0.39 is 0 Å². The van der Waals surface area contributed by atoms with E-state index in [2.05, 4.69) is 11.0 Å². The molecule has 34 heavy (non-hydrogen) atoms. The van der Waals surface area contributed by atoms with Crippen LogP contribution in [0, 0.1) is 22.5 Å². The van der Waals surface area contributed by atoms with Gasteiger partial charge in [-0.3, -0.25) is 0 Å². The van der Waals surface area contributed by atoms with Gasteiger partial charge in [-0.15, -0.1) is 0 Å². The molecule has 1 saturated heterocycles. The number of anilines is 1. The first-order valence-corrected chi connectivity index (χ1v) is 12.4. The van der Waals surface area contributed by atoms with Gasteiger partial charge in [0.1, 0.15) is 25.5 Å². The molecule has 1 aromatic rings. The number of nitrogens with two attached hydrogens (primary N) is 1. The second-order valence-corrected chi connectivity index (χ2v) is 11.3. The predicted molar refractivity (Wildman–Crippen MR) is 134 cm³/mol. The minimum atomic E-state index is -0.306. The monoisotopic (exact) mass is 469 g/mol. The van der Waals surface area contributed by atoms with Gasteiger partial charge in [0.05, 0.1) is 25.4 Å². The van der Waals surface area contributed by atoms with Crippen LogP contribution in [-0.4, -0.2) is 56.6 Å². The van der Waals surface area contributed by atoms with Crippen LogP contribution in [0.3, 0.4) is 0 Å². The number of quaternary nitrogens is 1. The van der Waals surface area contributed by atoms with Crippen LogP contribution in [0.2, 0.25) is 0 Å². The molecule has 0 aromatic heterocycles. The van der Waals surface area contributed by atoms with Gasteiger partial charge in [-0.1, -0.05) is 26.8 Å². The molecular weight excluding hydrogens is 430 g/mol. The molecule has 0 bridgehead atoms. The van der Waals surface area contributed by atoms with Crippen molar-refractivity contribution in [2.75, 3.05) is 50.9 Å². The Morgan fingerprint density at radius 1 is 1.26 bits per heavy atom. The van der Waals surface area contributed by atoms with Crippen molar-refractivity contribution in [1.82, 2.24) is 0 Å². The van der Waals surface area contributed by atoms with Gasteiger partial charge in [0.25, 0.3) is 0 Å². The first-order chi connectivity index (χ1) is 16.0. The highest BCUT2D eigenvalue weighted by molar-refractivity contribution is 5.89. The molecule has 186 valence electrons. The number of esters is 1. The van der Waals surface area contributed by atoms with E-state index in [1.165, 1.54) is 0 Å². The van der Waals surface area contributed by atoms with Crippen LogP contribution < -0.4 is 10.6 Å². The maximum Gasteiger partial charge on any atom is 0.338 e. The smallest absolute Gasteiger partial charge is 0.338 e. The molecule has 2 atom stereocenters. The fourth-order valence-electron chi connectivity index (χ4n) is 4.90. The van der Waals surface area contributed by atoms with Gasteiger partial charge in [0.15, 0.2) is 0 Å². The normalized spacial score (nSPS) is 25.0. The topological polar surface area (TPSA) is 87.9 Å². The summed E-state index contributed by atoms with van der Waals surface area (Å²) >= 11 is 0. The number of allylic oxidation sites excluding steroid dienone is 2. The molecule has 0 spiro atoms. The molecule has 2 N–H and O–H groups in total. The molecule has 7 heteroatoms. The number of rotatable bonds is 6. The number of benzene rings is 1. The summed E-state index contributed by atoms with van der Waals surface area (Å²) < 4.78 is 10.6. The zero-order valence-corrected chi connectivity index (χ0v) is 21.0. The first-order valence-electron chi connectivity index (χ1n) is 12.4. The number of nitrogens with zero attached hydrogens (tertiary/aromatic N) is 2. The first kappa shape index (κ1) is 24.8. The Bertz CT molecular complexity index is 955. The van der Waals surface area contributed by atoms with Crippen LogP contribution in [0.4, 0.5) is 5.69 Å². The van der Waals surface area contributed by atoms with E-state index in [9.17, 15) is 10.0 Å². The standard InChI is InChI=1S/C27H39N3O4/c1-19(17-30(32)11-13-33-14-12-30)15-24-23-16-21(23)9-10-29(25(24)28)22-7-5-20(6-8-22)26(31)34-18-27(2,3)4/h5-8,15,21,23H,9-14,16-18,28H2,1-4H3/b19-15+. The van der Waals surface area contributed by atoms with Crippen LogP contribution in [0.5, 0.6) is 0 Å². The summed E-state index contributed by atoms with van der Waals surface area (Å²) in [5.41, 5.74) is 10.4. The fourth-order valence-corrected chi connectivity index (χ4v) is 4.90. The van der Waals surface area contributed by atoms with E-state index in [-0.39, 0.29) is 16.0 Å². The molecule has 3 aliphatic rings. The molecule has 1 aliphatic carbocycles. The number of carbonyl (C=O) groups excluding carboxylic acids is 1. The molecule has 2 heterocycles. The van der Waals surface area contributed by atoms with E-state index >= 15 is 0 Å². The number of carbonyl (C=O) groups is 1. The number of hydroxylamine groups is 3. The Morgan fingerprint density at radius 3 is 2.59 bits per heavy atom.